The van der Waals surface area contributed by atoms with E-state index in [-0.39, 0.29) is 23.8 Å². The number of benzene rings is 1. The molecular formula is C21H19N5O3. The number of amides is 3. The SMILES string of the molecule is CC(=O)Nc1ccc(NC(=O)c2cccc(C(=O)NCc3ccccn3)n2)cc1. The number of nitrogens with one attached hydrogen (secondary N) is 3. The Hall–Kier alpha value is -4.07. The van der Waals surface area contributed by atoms with Crippen LogP contribution in [-0.4, -0.2) is 27.7 Å². The number of anilines is 2. The Kier molecular flexibility index (Phi) is 6.26. The average Bonchev–Trinajstić information content (AvgIpc) is 2.74. The smallest absolute Gasteiger partial charge is 0.274 e. The van der Waals surface area contributed by atoms with Gasteiger partial charge in [-0.1, -0.05) is 12.1 Å². The molecule has 0 aliphatic carbocycles. The van der Waals surface area contributed by atoms with E-state index in [9.17, 15) is 14.4 Å². The lowest BCUT2D eigenvalue weighted by Gasteiger charge is -2.08. The van der Waals surface area contributed by atoms with Crippen molar-refractivity contribution < 1.29 is 14.4 Å². The maximum Gasteiger partial charge on any atom is 0.274 e. The van der Waals surface area contributed by atoms with E-state index in [2.05, 4.69) is 25.9 Å². The summed E-state index contributed by atoms with van der Waals surface area (Å²) in [6, 6.07) is 16.7. The number of nitrogens with zero attached hydrogens (tertiary/aromatic N) is 2. The molecule has 2 heterocycles. The summed E-state index contributed by atoms with van der Waals surface area (Å²) in [4.78, 5) is 44.1. The summed E-state index contributed by atoms with van der Waals surface area (Å²) in [6.45, 7) is 1.68. The van der Waals surface area contributed by atoms with Crippen molar-refractivity contribution in [3.8, 4) is 0 Å². The molecule has 8 heteroatoms. The van der Waals surface area contributed by atoms with Crippen LogP contribution >= 0.6 is 0 Å². The first-order valence-corrected chi connectivity index (χ1v) is 8.85. The molecule has 3 N–H and O–H groups in total. The van der Waals surface area contributed by atoms with Crippen LogP contribution in [0.2, 0.25) is 0 Å². The highest BCUT2D eigenvalue weighted by Crippen LogP contribution is 2.14. The van der Waals surface area contributed by atoms with Gasteiger partial charge in [0.1, 0.15) is 11.4 Å². The van der Waals surface area contributed by atoms with Crippen molar-refractivity contribution in [2.45, 2.75) is 13.5 Å². The van der Waals surface area contributed by atoms with Crippen molar-refractivity contribution in [1.82, 2.24) is 15.3 Å². The van der Waals surface area contributed by atoms with E-state index < -0.39 is 11.8 Å². The fourth-order valence-electron chi connectivity index (χ4n) is 2.49. The highest BCUT2D eigenvalue weighted by Gasteiger charge is 2.13. The summed E-state index contributed by atoms with van der Waals surface area (Å²) >= 11 is 0. The fourth-order valence-corrected chi connectivity index (χ4v) is 2.49. The van der Waals surface area contributed by atoms with Crippen LogP contribution in [0.1, 0.15) is 33.6 Å². The van der Waals surface area contributed by atoms with E-state index in [1.165, 1.54) is 19.1 Å². The molecule has 3 amide bonds. The number of hydrogen-bond donors (Lipinski definition) is 3. The van der Waals surface area contributed by atoms with Crippen molar-refractivity contribution in [1.29, 1.82) is 0 Å². The highest BCUT2D eigenvalue weighted by molar-refractivity contribution is 6.04. The molecule has 0 radical (unpaired) electrons. The zero-order valence-electron chi connectivity index (χ0n) is 15.7. The van der Waals surface area contributed by atoms with Crippen LogP contribution < -0.4 is 16.0 Å². The molecule has 3 rings (SSSR count). The quantitative estimate of drug-likeness (QED) is 0.600. The van der Waals surface area contributed by atoms with Crippen molar-refractivity contribution in [2.24, 2.45) is 0 Å². The van der Waals surface area contributed by atoms with E-state index in [4.69, 9.17) is 0 Å². The van der Waals surface area contributed by atoms with Gasteiger partial charge in [-0.25, -0.2) is 4.98 Å². The molecule has 29 heavy (non-hydrogen) atoms. The van der Waals surface area contributed by atoms with Gasteiger partial charge in [-0.2, -0.15) is 0 Å². The number of carbonyl (C=O) groups excluding carboxylic acids is 3. The minimum absolute atomic E-state index is 0.112. The summed E-state index contributed by atoms with van der Waals surface area (Å²) in [5, 5.41) is 8.08. The Morgan fingerprint density at radius 1 is 0.793 bits per heavy atom. The number of rotatable bonds is 6. The van der Waals surface area contributed by atoms with Gasteiger partial charge in [-0.15, -0.1) is 0 Å². The van der Waals surface area contributed by atoms with Crippen LogP contribution in [0.3, 0.4) is 0 Å². The lowest BCUT2D eigenvalue weighted by Crippen LogP contribution is -2.25. The van der Waals surface area contributed by atoms with Crippen LogP contribution in [0.5, 0.6) is 0 Å². The molecule has 0 fully saturated rings. The molecule has 0 aliphatic rings. The second-order valence-electron chi connectivity index (χ2n) is 6.12. The number of aromatic nitrogens is 2. The Balaban J connectivity index is 1.62. The van der Waals surface area contributed by atoms with Gasteiger partial charge in [0.25, 0.3) is 11.8 Å². The van der Waals surface area contributed by atoms with Gasteiger partial charge in [0, 0.05) is 24.5 Å². The molecule has 1 aromatic carbocycles. The molecule has 0 atom stereocenters. The Labute approximate surface area is 167 Å². The van der Waals surface area contributed by atoms with Gasteiger partial charge in [0.15, 0.2) is 0 Å². The molecule has 0 unspecified atom stereocenters. The maximum atomic E-state index is 12.4. The maximum absolute atomic E-state index is 12.4. The average molecular weight is 389 g/mol. The van der Waals surface area contributed by atoms with Crippen LogP contribution in [-0.2, 0) is 11.3 Å². The normalized spacial score (nSPS) is 10.1. The van der Waals surface area contributed by atoms with Crippen molar-refractivity contribution in [3.05, 3.63) is 83.9 Å². The van der Waals surface area contributed by atoms with Crippen molar-refractivity contribution in [2.75, 3.05) is 10.6 Å². The second kappa shape index (κ2) is 9.23. The number of pyridine rings is 2. The Bertz CT molecular complexity index is 1020. The minimum Gasteiger partial charge on any atom is -0.345 e. The Morgan fingerprint density at radius 3 is 2.07 bits per heavy atom. The monoisotopic (exact) mass is 389 g/mol. The van der Waals surface area contributed by atoms with Gasteiger partial charge >= 0.3 is 0 Å². The molecule has 0 saturated carbocycles. The Morgan fingerprint density at radius 2 is 1.45 bits per heavy atom. The molecule has 0 bridgehead atoms. The van der Waals surface area contributed by atoms with Crippen molar-refractivity contribution in [3.63, 3.8) is 0 Å². The minimum atomic E-state index is -0.448. The third kappa shape index (κ3) is 5.70. The zero-order valence-corrected chi connectivity index (χ0v) is 15.7. The molecule has 3 aromatic rings. The summed E-state index contributed by atoms with van der Waals surface area (Å²) < 4.78 is 0. The van der Waals surface area contributed by atoms with E-state index in [0.29, 0.717) is 11.4 Å². The van der Waals surface area contributed by atoms with E-state index >= 15 is 0 Å². The van der Waals surface area contributed by atoms with Crippen molar-refractivity contribution >= 4 is 29.1 Å². The first-order valence-electron chi connectivity index (χ1n) is 8.85. The standard InChI is InChI=1S/C21H19N5O3/c1-14(27)24-15-8-10-16(11-9-15)25-21(29)19-7-4-6-18(26-19)20(28)23-13-17-5-2-3-12-22-17/h2-12H,13H2,1H3,(H,23,28)(H,24,27)(H,25,29). The van der Waals surface area contributed by atoms with Crippen LogP contribution in [0.15, 0.2) is 66.9 Å². The summed E-state index contributed by atoms with van der Waals surface area (Å²) in [6.07, 6.45) is 1.65. The number of carbonyl (C=O) groups is 3. The first-order chi connectivity index (χ1) is 14.0. The zero-order chi connectivity index (χ0) is 20.6. The fraction of sp³-hybridized carbons (Fsp3) is 0.0952. The van der Waals surface area contributed by atoms with E-state index in [1.54, 1.807) is 48.7 Å². The number of hydrogen-bond acceptors (Lipinski definition) is 5. The topological polar surface area (TPSA) is 113 Å². The predicted octanol–water partition coefficient (Wildman–Crippen LogP) is 2.62. The lowest BCUT2D eigenvalue weighted by molar-refractivity contribution is -0.114. The largest absolute Gasteiger partial charge is 0.345 e. The van der Waals surface area contributed by atoms with Gasteiger partial charge in [-0.3, -0.25) is 19.4 Å². The molecule has 8 nitrogen and oxygen atoms in total. The molecule has 0 aliphatic heterocycles. The third-order valence-electron chi connectivity index (χ3n) is 3.83. The lowest BCUT2D eigenvalue weighted by atomic mass is 10.2. The van der Waals surface area contributed by atoms with E-state index in [0.717, 1.165) is 5.69 Å². The van der Waals surface area contributed by atoms with Crippen LogP contribution in [0.4, 0.5) is 11.4 Å². The second-order valence-corrected chi connectivity index (χ2v) is 6.12. The predicted molar refractivity (Wildman–Crippen MR) is 108 cm³/mol. The first kappa shape index (κ1) is 19.7. The molecule has 2 aromatic heterocycles. The van der Waals surface area contributed by atoms with E-state index in [1.807, 2.05) is 6.07 Å². The molecule has 146 valence electrons. The van der Waals surface area contributed by atoms with Gasteiger partial charge in [0.2, 0.25) is 5.91 Å². The molecule has 0 spiro atoms. The molecule has 0 saturated heterocycles. The van der Waals surface area contributed by atoms with Gasteiger partial charge < -0.3 is 16.0 Å². The third-order valence-corrected chi connectivity index (χ3v) is 3.83. The summed E-state index contributed by atoms with van der Waals surface area (Å²) in [5.74, 6) is -1.02. The van der Waals surface area contributed by atoms with Gasteiger partial charge in [-0.05, 0) is 48.5 Å². The van der Waals surface area contributed by atoms with Crippen LogP contribution in [0.25, 0.3) is 0 Å². The molecular weight excluding hydrogens is 370 g/mol. The van der Waals surface area contributed by atoms with Gasteiger partial charge in [0.05, 0.1) is 12.2 Å². The van der Waals surface area contributed by atoms with Crippen LogP contribution in [0, 0.1) is 0 Å². The highest BCUT2D eigenvalue weighted by atomic mass is 16.2. The summed E-state index contributed by atoms with van der Waals surface area (Å²) in [7, 11) is 0. The summed E-state index contributed by atoms with van der Waals surface area (Å²) in [5.41, 5.74) is 2.13.